The molecule has 2 aromatic carbocycles. The van der Waals surface area contributed by atoms with Crippen molar-refractivity contribution in [2.75, 3.05) is 33.9 Å². The first-order valence-electron chi connectivity index (χ1n) is 12.9. The van der Waals surface area contributed by atoms with E-state index in [1.165, 1.54) is 26.2 Å². The van der Waals surface area contributed by atoms with Gasteiger partial charge in [-0.05, 0) is 61.7 Å². The lowest BCUT2D eigenvalue weighted by molar-refractivity contribution is -0.145. The van der Waals surface area contributed by atoms with Gasteiger partial charge < -0.3 is 29.7 Å². The summed E-state index contributed by atoms with van der Waals surface area (Å²) in [5, 5.41) is 5.58. The van der Waals surface area contributed by atoms with Crippen LogP contribution < -0.4 is 20.1 Å². The number of hydrogen-bond acceptors (Lipinski definition) is 7. The van der Waals surface area contributed by atoms with E-state index in [0.29, 0.717) is 24.5 Å². The first kappa shape index (κ1) is 30.5. The Morgan fingerprint density at radius 1 is 1.07 bits per heavy atom. The molecule has 0 radical (unpaired) electrons. The number of carbonyl (C=O) groups excluding carboxylic acids is 4. The molecule has 0 spiro atoms. The van der Waals surface area contributed by atoms with E-state index >= 15 is 0 Å². The molecular formula is C29H34ClN3O7. The minimum atomic E-state index is -1.06. The number of ether oxygens (including phenoxy) is 3. The van der Waals surface area contributed by atoms with Crippen LogP contribution >= 0.6 is 11.6 Å². The minimum Gasteiger partial charge on any atom is -0.497 e. The van der Waals surface area contributed by atoms with Crippen molar-refractivity contribution in [3.05, 3.63) is 70.8 Å². The lowest BCUT2D eigenvalue weighted by atomic mass is 10.1. The monoisotopic (exact) mass is 571 g/mol. The summed E-state index contributed by atoms with van der Waals surface area (Å²) in [4.78, 5) is 53.1. The molecule has 1 aliphatic rings. The minimum absolute atomic E-state index is 0.00230. The molecule has 0 saturated carbocycles. The fourth-order valence-electron chi connectivity index (χ4n) is 4.04. The molecule has 1 heterocycles. The molecule has 11 heteroatoms. The summed E-state index contributed by atoms with van der Waals surface area (Å²) in [5.41, 5.74) is 1.23. The number of fused-ring (bicyclic) bond motifs is 1. The lowest BCUT2D eigenvalue weighted by Crippen LogP contribution is -2.51. The van der Waals surface area contributed by atoms with Gasteiger partial charge in [0.15, 0.2) is 0 Å². The summed E-state index contributed by atoms with van der Waals surface area (Å²) >= 11 is 6.12. The molecule has 3 rings (SSSR count). The maximum Gasteiger partial charge on any atom is 0.328 e. The highest BCUT2D eigenvalue weighted by Gasteiger charge is 2.27. The van der Waals surface area contributed by atoms with Crippen LogP contribution in [0.1, 0.15) is 35.7 Å². The summed E-state index contributed by atoms with van der Waals surface area (Å²) in [5.74, 6) is -1.03. The van der Waals surface area contributed by atoms with Crippen LogP contribution in [0.25, 0.3) is 0 Å². The van der Waals surface area contributed by atoms with E-state index in [-0.39, 0.29) is 36.7 Å². The highest BCUT2D eigenvalue weighted by atomic mass is 35.5. The summed E-state index contributed by atoms with van der Waals surface area (Å²) in [6, 6.07) is 10.1. The van der Waals surface area contributed by atoms with Gasteiger partial charge in [-0.2, -0.15) is 0 Å². The molecule has 0 aliphatic carbocycles. The zero-order valence-corrected chi connectivity index (χ0v) is 23.5. The average Bonchev–Trinajstić information content (AvgIpc) is 2.95. The van der Waals surface area contributed by atoms with Crippen LogP contribution in [0.2, 0.25) is 5.02 Å². The molecule has 2 atom stereocenters. The molecular weight excluding hydrogens is 538 g/mol. The van der Waals surface area contributed by atoms with Crippen LogP contribution in [-0.4, -0.2) is 74.6 Å². The third kappa shape index (κ3) is 8.74. The second kappa shape index (κ2) is 14.9. The molecule has 2 aromatic rings. The molecule has 0 unspecified atom stereocenters. The third-order valence-corrected chi connectivity index (χ3v) is 6.62. The van der Waals surface area contributed by atoms with Gasteiger partial charge in [0.1, 0.15) is 30.2 Å². The number of esters is 1. The third-order valence-electron chi connectivity index (χ3n) is 6.39. The maximum absolute atomic E-state index is 13.2. The Hall–Kier alpha value is -4.05. The number of amides is 3. The number of nitrogens with one attached hydrogen (secondary N) is 2. The van der Waals surface area contributed by atoms with E-state index in [4.69, 9.17) is 25.8 Å². The number of rotatable bonds is 5. The molecule has 0 saturated heterocycles. The Kier molecular flexibility index (Phi) is 11.4. The van der Waals surface area contributed by atoms with Crippen LogP contribution in [0.15, 0.2) is 54.6 Å². The molecule has 2 N–H and O–H groups in total. The van der Waals surface area contributed by atoms with Gasteiger partial charge in [-0.3, -0.25) is 14.4 Å². The van der Waals surface area contributed by atoms with E-state index in [9.17, 15) is 19.2 Å². The van der Waals surface area contributed by atoms with Gasteiger partial charge in [0, 0.05) is 24.5 Å². The largest absolute Gasteiger partial charge is 0.497 e. The van der Waals surface area contributed by atoms with Gasteiger partial charge in [0.05, 0.1) is 19.8 Å². The molecule has 0 bridgehead atoms. The van der Waals surface area contributed by atoms with E-state index in [1.54, 1.807) is 30.2 Å². The van der Waals surface area contributed by atoms with Gasteiger partial charge in [0.2, 0.25) is 11.8 Å². The van der Waals surface area contributed by atoms with Crippen molar-refractivity contribution in [2.24, 2.45) is 0 Å². The predicted octanol–water partition coefficient (Wildman–Crippen LogP) is 2.92. The number of nitrogens with zero attached hydrogens (tertiary/aromatic N) is 1. The van der Waals surface area contributed by atoms with Crippen LogP contribution in [0.3, 0.4) is 0 Å². The van der Waals surface area contributed by atoms with E-state index in [2.05, 4.69) is 10.6 Å². The standard InChI is InChI=1S/C29H34ClN3O7/c1-19-27(35)32-24(29(37)39-3)12-13-26(34)33(16-14-20-6-9-22(38-2)10-7-20)15-4-5-17-40-25-18-21(30)8-11-23(25)28(36)31-19/h4-11,18-19,24H,12-17H2,1-3H3,(H,31,36)(H,32,35)/b5-4+/t19-,24+/m1/s1. The summed E-state index contributed by atoms with van der Waals surface area (Å²) in [6.07, 6.45) is 4.19. The quantitative estimate of drug-likeness (QED) is 0.418. The smallest absolute Gasteiger partial charge is 0.328 e. The zero-order chi connectivity index (χ0) is 29.1. The van der Waals surface area contributed by atoms with E-state index in [1.807, 2.05) is 24.3 Å². The molecule has 10 nitrogen and oxygen atoms in total. The Labute approximate surface area is 238 Å². The predicted molar refractivity (Wildman–Crippen MR) is 149 cm³/mol. The van der Waals surface area contributed by atoms with Gasteiger partial charge in [-0.15, -0.1) is 0 Å². The zero-order valence-electron chi connectivity index (χ0n) is 22.8. The highest BCUT2D eigenvalue weighted by Crippen LogP contribution is 2.24. The first-order chi connectivity index (χ1) is 19.2. The topological polar surface area (TPSA) is 123 Å². The Bertz CT molecular complexity index is 1230. The molecule has 3 amide bonds. The number of benzene rings is 2. The fraction of sp³-hybridized carbons (Fsp3) is 0.379. The number of halogens is 1. The molecule has 1 aliphatic heterocycles. The molecule has 40 heavy (non-hydrogen) atoms. The normalized spacial score (nSPS) is 19.8. The van der Waals surface area contributed by atoms with E-state index < -0.39 is 29.9 Å². The summed E-state index contributed by atoms with van der Waals surface area (Å²) in [6.45, 7) is 2.34. The second-order valence-electron chi connectivity index (χ2n) is 9.18. The number of carbonyl (C=O) groups is 4. The van der Waals surface area contributed by atoms with Crippen LogP contribution in [-0.2, 0) is 25.5 Å². The van der Waals surface area contributed by atoms with Gasteiger partial charge in [0.25, 0.3) is 5.91 Å². The maximum atomic E-state index is 13.2. The van der Waals surface area contributed by atoms with Crippen LogP contribution in [0.4, 0.5) is 0 Å². The van der Waals surface area contributed by atoms with Crippen molar-refractivity contribution in [2.45, 2.75) is 38.3 Å². The SMILES string of the molecule is COC(=O)[C@@H]1CCC(=O)N(CCc2ccc(OC)cc2)C/C=C/COc2cc(Cl)ccc2C(=O)N[C@H](C)C(=O)N1. The molecule has 0 fully saturated rings. The Morgan fingerprint density at radius 3 is 2.52 bits per heavy atom. The van der Waals surface area contributed by atoms with Gasteiger partial charge in [-0.1, -0.05) is 29.8 Å². The number of hydrogen-bond donors (Lipinski definition) is 2. The van der Waals surface area contributed by atoms with Crippen molar-refractivity contribution in [1.29, 1.82) is 0 Å². The fourth-order valence-corrected chi connectivity index (χ4v) is 4.20. The Morgan fingerprint density at radius 2 is 1.82 bits per heavy atom. The summed E-state index contributed by atoms with van der Waals surface area (Å²) < 4.78 is 15.8. The molecule has 0 aromatic heterocycles. The van der Waals surface area contributed by atoms with Crippen molar-refractivity contribution in [1.82, 2.24) is 15.5 Å². The Balaban J connectivity index is 1.84. The van der Waals surface area contributed by atoms with Gasteiger partial charge in [-0.25, -0.2) is 4.79 Å². The second-order valence-corrected chi connectivity index (χ2v) is 9.62. The number of methoxy groups -OCH3 is 2. The van der Waals surface area contributed by atoms with Crippen molar-refractivity contribution >= 4 is 35.3 Å². The first-order valence-corrected chi connectivity index (χ1v) is 13.3. The molecule has 214 valence electrons. The van der Waals surface area contributed by atoms with Crippen LogP contribution in [0.5, 0.6) is 11.5 Å². The van der Waals surface area contributed by atoms with Crippen molar-refractivity contribution in [3.63, 3.8) is 0 Å². The van der Waals surface area contributed by atoms with Gasteiger partial charge >= 0.3 is 5.97 Å². The van der Waals surface area contributed by atoms with Crippen molar-refractivity contribution in [3.8, 4) is 11.5 Å². The average molecular weight is 572 g/mol. The van der Waals surface area contributed by atoms with Crippen LogP contribution in [0, 0.1) is 0 Å². The lowest BCUT2D eigenvalue weighted by Gasteiger charge is -2.23. The van der Waals surface area contributed by atoms with Crippen molar-refractivity contribution < 1.29 is 33.4 Å². The highest BCUT2D eigenvalue weighted by molar-refractivity contribution is 6.30. The van der Waals surface area contributed by atoms with E-state index in [0.717, 1.165) is 11.3 Å². The summed E-state index contributed by atoms with van der Waals surface area (Å²) in [7, 11) is 2.81.